The molecule has 0 atom stereocenters. The SMILES string of the molecule is CCN(CC(=O)O)C(=O)N(C)Cc1ccco1. The van der Waals surface area contributed by atoms with Crippen LogP contribution in [0.5, 0.6) is 0 Å². The maximum Gasteiger partial charge on any atom is 0.323 e. The molecular formula is C11H16N2O4. The molecule has 0 saturated heterocycles. The molecule has 0 unspecified atom stereocenters. The van der Waals surface area contributed by atoms with Gasteiger partial charge in [0, 0.05) is 13.6 Å². The van der Waals surface area contributed by atoms with Gasteiger partial charge in [0.15, 0.2) is 0 Å². The quantitative estimate of drug-likeness (QED) is 0.840. The molecule has 6 heteroatoms. The molecule has 0 aliphatic carbocycles. The predicted molar refractivity (Wildman–Crippen MR) is 60.5 cm³/mol. The average Bonchev–Trinajstić information content (AvgIpc) is 2.77. The van der Waals surface area contributed by atoms with E-state index in [1.165, 1.54) is 16.1 Å². The van der Waals surface area contributed by atoms with Crippen molar-refractivity contribution in [2.75, 3.05) is 20.1 Å². The Morgan fingerprint density at radius 1 is 1.47 bits per heavy atom. The van der Waals surface area contributed by atoms with E-state index in [1.54, 1.807) is 26.1 Å². The minimum absolute atomic E-state index is 0.294. The molecule has 1 N–H and O–H groups in total. The highest BCUT2D eigenvalue weighted by Gasteiger charge is 2.19. The van der Waals surface area contributed by atoms with Crippen molar-refractivity contribution < 1.29 is 19.1 Å². The molecule has 2 amide bonds. The summed E-state index contributed by atoms with van der Waals surface area (Å²) in [5, 5.41) is 8.67. The van der Waals surface area contributed by atoms with E-state index in [2.05, 4.69) is 0 Å². The number of carboxylic acids is 1. The van der Waals surface area contributed by atoms with E-state index in [0.29, 0.717) is 18.8 Å². The number of amides is 2. The summed E-state index contributed by atoms with van der Waals surface area (Å²) in [7, 11) is 1.61. The number of hydrogen-bond acceptors (Lipinski definition) is 3. The van der Waals surface area contributed by atoms with Crippen LogP contribution in [0, 0.1) is 0 Å². The lowest BCUT2D eigenvalue weighted by Crippen LogP contribution is -2.43. The van der Waals surface area contributed by atoms with Crippen molar-refractivity contribution in [3.63, 3.8) is 0 Å². The van der Waals surface area contributed by atoms with Crippen LogP contribution in [0.3, 0.4) is 0 Å². The van der Waals surface area contributed by atoms with Crippen LogP contribution in [0.1, 0.15) is 12.7 Å². The Morgan fingerprint density at radius 2 is 2.18 bits per heavy atom. The van der Waals surface area contributed by atoms with Crippen molar-refractivity contribution in [1.82, 2.24) is 9.80 Å². The second-order valence-corrected chi connectivity index (χ2v) is 3.63. The number of furan rings is 1. The first kappa shape index (κ1) is 13.1. The first-order chi connectivity index (χ1) is 8.04. The van der Waals surface area contributed by atoms with Gasteiger partial charge in [-0.3, -0.25) is 4.79 Å². The smallest absolute Gasteiger partial charge is 0.323 e. The van der Waals surface area contributed by atoms with Crippen molar-refractivity contribution in [2.45, 2.75) is 13.5 Å². The molecule has 6 nitrogen and oxygen atoms in total. The van der Waals surface area contributed by atoms with Gasteiger partial charge in [0.2, 0.25) is 0 Å². The van der Waals surface area contributed by atoms with Gasteiger partial charge in [-0.1, -0.05) is 0 Å². The monoisotopic (exact) mass is 240 g/mol. The molecule has 0 aliphatic heterocycles. The maximum absolute atomic E-state index is 11.9. The molecule has 0 radical (unpaired) electrons. The first-order valence-corrected chi connectivity index (χ1v) is 5.28. The summed E-state index contributed by atoms with van der Waals surface area (Å²) >= 11 is 0. The van der Waals surface area contributed by atoms with Crippen molar-refractivity contribution in [1.29, 1.82) is 0 Å². The molecule has 1 aromatic heterocycles. The number of carbonyl (C=O) groups excluding carboxylic acids is 1. The predicted octanol–water partition coefficient (Wildman–Crippen LogP) is 1.24. The molecule has 0 aliphatic rings. The Hall–Kier alpha value is -1.98. The topological polar surface area (TPSA) is 74.0 Å². The fraction of sp³-hybridized carbons (Fsp3) is 0.455. The summed E-state index contributed by atoms with van der Waals surface area (Å²) in [6.07, 6.45) is 1.53. The molecule has 1 rings (SSSR count). The Kier molecular flexibility index (Phi) is 4.56. The molecule has 0 spiro atoms. The summed E-state index contributed by atoms with van der Waals surface area (Å²) in [5.41, 5.74) is 0. The normalized spacial score (nSPS) is 10.0. The third kappa shape index (κ3) is 3.82. The zero-order chi connectivity index (χ0) is 12.8. The lowest BCUT2D eigenvalue weighted by molar-refractivity contribution is -0.137. The van der Waals surface area contributed by atoms with E-state index in [1.807, 2.05) is 0 Å². The molecule has 1 heterocycles. The zero-order valence-corrected chi connectivity index (χ0v) is 9.92. The number of likely N-dealkylation sites (N-methyl/N-ethyl adjacent to an activating group) is 1. The van der Waals surface area contributed by atoms with E-state index in [4.69, 9.17) is 9.52 Å². The molecule has 17 heavy (non-hydrogen) atoms. The van der Waals surface area contributed by atoms with Crippen molar-refractivity contribution in [3.8, 4) is 0 Å². The number of nitrogens with zero attached hydrogens (tertiary/aromatic N) is 2. The highest BCUT2D eigenvalue weighted by molar-refractivity contribution is 5.79. The van der Waals surface area contributed by atoms with Crippen LogP contribution in [-0.4, -0.2) is 47.0 Å². The highest BCUT2D eigenvalue weighted by atomic mass is 16.4. The standard InChI is InChI=1S/C11H16N2O4/c1-3-13(8-10(14)15)11(16)12(2)7-9-5-4-6-17-9/h4-6H,3,7-8H2,1-2H3,(H,14,15). The second kappa shape index (κ2) is 5.93. The van der Waals surface area contributed by atoms with Gasteiger partial charge >= 0.3 is 12.0 Å². The van der Waals surface area contributed by atoms with Crippen LogP contribution in [0.2, 0.25) is 0 Å². The van der Waals surface area contributed by atoms with Gasteiger partial charge in [0.25, 0.3) is 0 Å². The van der Waals surface area contributed by atoms with Crippen LogP contribution in [-0.2, 0) is 11.3 Å². The fourth-order valence-corrected chi connectivity index (χ4v) is 1.42. The Balaban J connectivity index is 2.57. The molecular weight excluding hydrogens is 224 g/mol. The van der Waals surface area contributed by atoms with Gasteiger partial charge in [0.05, 0.1) is 12.8 Å². The van der Waals surface area contributed by atoms with Gasteiger partial charge in [-0.25, -0.2) is 4.79 Å². The number of rotatable bonds is 5. The zero-order valence-electron chi connectivity index (χ0n) is 9.92. The van der Waals surface area contributed by atoms with Crippen LogP contribution in [0.25, 0.3) is 0 Å². The number of carboxylic acid groups (broad SMARTS) is 1. The van der Waals surface area contributed by atoms with Crippen molar-refractivity contribution in [2.24, 2.45) is 0 Å². The molecule has 0 bridgehead atoms. The second-order valence-electron chi connectivity index (χ2n) is 3.63. The Bertz CT molecular complexity index is 375. The number of hydrogen-bond donors (Lipinski definition) is 1. The summed E-state index contributed by atoms with van der Waals surface area (Å²) in [6.45, 7) is 2.12. The third-order valence-corrected chi connectivity index (χ3v) is 2.28. The van der Waals surface area contributed by atoms with Crippen LogP contribution < -0.4 is 0 Å². The third-order valence-electron chi connectivity index (χ3n) is 2.28. The van der Waals surface area contributed by atoms with Gasteiger partial charge < -0.3 is 19.3 Å². The van der Waals surface area contributed by atoms with E-state index >= 15 is 0 Å². The summed E-state index contributed by atoms with van der Waals surface area (Å²) < 4.78 is 5.12. The Morgan fingerprint density at radius 3 is 2.65 bits per heavy atom. The number of urea groups is 1. The van der Waals surface area contributed by atoms with Gasteiger partial charge in [-0.05, 0) is 19.1 Å². The minimum Gasteiger partial charge on any atom is -0.480 e. The molecule has 1 aromatic rings. The Labute approximate surface area is 99.4 Å². The largest absolute Gasteiger partial charge is 0.480 e. The van der Waals surface area contributed by atoms with Crippen molar-refractivity contribution >= 4 is 12.0 Å². The lowest BCUT2D eigenvalue weighted by Gasteiger charge is -2.25. The maximum atomic E-state index is 11.9. The first-order valence-electron chi connectivity index (χ1n) is 5.28. The van der Waals surface area contributed by atoms with Gasteiger partial charge in [-0.2, -0.15) is 0 Å². The molecule has 0 aromatic carbocycles. The molecule has 0 saturated carbocycles. The molecule has 0 fully saturated rings. The van der Waals surface area contributed by atoms with E-state index in [-0.39, 0.29) is 12.6 Å². The van der Waals surface area contributed by atoms with Crippen molar-refractivity contribution in [3.05, 3.63) is 24.2 Å². The van der Waals surface area contributed by atoms with Crippen LogP contribution >= 0.6 is 0 Å². The van der Waals surface area contributed by atoms with Gasteiger partial charge in [-0.15, -0.1) is 0 Å². The van der Waals surface area contributed by atoms with Gasteiger partial charge in [0.1, 0.15) is 12.3 Å². The number of aliphatic carboxylic acids is 1. The van der Waals surface area contributed by atoms with Crippen LogP contribution in [0.4, 0.5) is 4.79 Å². The van der Waals surface area contributed by atoms with Crippen LogP contribution in [0.15, 0.2) is 22.8 Å². The lowest BCUT2D eigenvalue weighted by atomic mass is 10.4. The molecule has 94 valence electrons. The summed E-state index contributed by atoms with van der Waals surface area (Å²) in [5.74, 6) is -0.362. The van der Waals surface area contributed by atoms with E-state index < -0.39 is 5.97 Å². The summed E-state index contributed by atoms with van der Waals surface area (Å²) in [4.78, 5) is 25.1. The average molecular weight is 240 g/mol. The minimum atomic E-state index is -1.02. The highest BCUT2D eigenvalue weighted by Crippen LogP contribution is 2.06. The fourth-order valence-electron chi connectivity index (χ4n) is 1.42. The van der Waals surface area contributed by atoms with E-state index in [9.17, 15) is 9.59 Å². The number of carbonyl (C=O) groups is 2. The van der Waals surface area contributed by atoms with E-state index in [0.717, 1.165) is 0 Å². The summed E-state index contributed by atoms with van der Waals surface area (Å²) in [6, 6.07) is 3.17.